The molecule has 0 aliphatic heterocycles. The standard InChI is InChI=1S/C14H34P2.2F6P/c1-7-15(8-2,9-3)13-14-16(10-4,11-5)12-6;2*1-7(2,3,4,5)6/h7-14H2,1-6H3;;/q+2;2*-1. The van der Waals surface area contributed by atoms with Crippen molar-refractivity contribution < 1.29 is 50.4 Å². The van der Waals surface area contributed by atoms with Crippen LogP contribution < -0.4 is 0 Å². The second-order valence-electron chi connectivity index (χ2n) is 6.94. The van der Waals surface area contributed by atoms with Crippen molar-refractivity contribution in [3.8, 4) is 0 Å². The first-order valence-corrected chi connectivity index (χ1v) is 18.4. The normalized spacial score (nSPS) is 17.8. The van der Waals surface area contributed by atoms with Gasteiger partial charge < -0.3 is 0 Å². The zero-order chi connectivity index (χ0) is 25.5. The average molecular weight is 554 g/mol. The van der Waals surface area contributed by atoms with E-state index in [9.17, 15) is 50.4 Å². The van der Waals surface area contributed by atoms with Crippen molar-refractivity contribution in [1.82, 2.24) is 0 Å². The predicted molar refractivity (Wildman–Crippen MR) is 114 cm³/mol. The number of hydrogen-bond donors (Lipinski definition) is 0. The summed E-state index contributed by atoms with van der Waals surface area (Å²) in [5, 5.41) is 0. The maximum atomic E-state index is 9.87. The van der Waals surface area contributed by atoms with E-state index >= 15 is 0 Å². The van der Waals surface area contributed by atoms with Crippen LogP contribution in [0.15, 0.2) is 0 Å². The van der Waals surface area contributed by atoms with Gasteiger partial charge in [0.05, 0.1) is 49.3 Å². The minimum absolute atomic E-state index is 0.547. The second-order valence-corrected chi connectivity index (χ2v) is 20.8. The van der Waals surface area contributed by atoms with Crippen LogP contribution in [0.4, 0.5) is 50.4 Å². The van der Waals surface area contributed by atoms with E-state index in [1.807, 2.05) is 0 Å². The monoisotopic (exact) mass is 554 g/mol. The molecule has 0 heterocycles. The third kappa shape index (κ3) is 33.5. The predicted octanol–water partition coefficient (Wildman–Crippen LogP) is 11.9. The summed E-state index contributed by atoms with van der Waals surface area (Å²) in [6.45, 7) is 14.6. The molecule has 16 heteroatoms. The summed E-state index contributed by atoms with van der Waals surface area (Å²) in [6.07, 6.45) is 12.1. The molecule has 0 aromatic carbocycles. The van der Waals surface area contributed by atoms with Crippen molar-refractivity contribution in [3.63, 3.8) is 0 Å². The van der Waals surface area contributed by atoms with Crippen molar-refractivity contribution in [2.75, 3.05) is 49.3 Å². The molecule has 0 atom stereocenters. The fourth-order valence-electron chi connectivity index (χ4n) is 2.71. The van der Waals surface area contributed by atoms with E-state index in [-0.39, 0.29) is 0 Å². The second kappa shape index (κ2) is 9.63. The van der Waals surface area contributed by atoms with Gasteiger partial charge in [-0.15, -0.1) is 0 Å². The van der Waals surface area contributed by atoms with E-state index in [2.05, 4.69) is 41.5 Å². The van der Waals surface area contributed by atoms with Crippen LogP contribution in [0.5, 0.6) is 0 Å². The molecule has 0 spiro atoms. The summed E-state index contributed by atoms with van der Waals surface area (Å²) in [7, 11) is -22.4. The van der Waals surface area contributed by atoms with Gasteiger partial charge in [-0.1, -0.05) is 0 Å². The molecule has 194 valence electrons. The summed E-state index contributed by atoms with van der Waals surface area (Å²) < 4.78 is 118. The van der Waals surface area contributed by atoms with Crippen molar-refractivity contribution in [3.05, 3.63) is 0 Å². The van der Waals surface area contributed by atoms with Crippen LogP contribution in [0.1, 0.15) is 41.5 Å². The molecule has 0 unspecified atom stereocenters. The van der Waals surface area contributed by atoms with Crippen molar-refractivity contribution in [2.24, 2.45) is 0 Å². The summed E-state index contributed by atoms with van der Waals surface area (Å²) in [6, 6.07) is 0. The van der Waals surface area contributed by atoms with E-state index in [1.165, 1.54) is 37.0 Å². The van der Waals surface area contributed by atoms with Crippen LogP contribution in [0, 0.1) is 0 Å². The Morgan fingerprint density at radius 1 is 0.367 bits per heavy atom. The van der Waals surface area contributed by atoms with Gasteiger partial charge in [0.25, 0.3) is 0 Å². The van der Waals surface area contributed by atoms with Crippen LogP contribution in [0.2, 0.25) is 0 Å². The van der Waals surface area contributed by atoms with Crippen LogP contribution in [-0.4, -0.2) is 49.3 Å². The van der Waals surface area contributed by atoms with Gasteiger partial charge in [0.15, 0.2) is 0 Å². The molecule has 0 aliphatic carbocycles. The third-order valence-corrected chi connectivity index (χ3v) is 15.8. The maximum absolute atomic E-state index is 10.7. The summed E-state index contributed by atoms with van der Waals surface area (Å²) in [5.74, 6) is 0. The zero-order valence-electron chi connectivity index (χ0n) is 18.0. The van der Waals surface area contributed by atoms with E-state index in [1.54, 1.807) is 12.3 Å². The number of halogens is 12. The Balaban J connectivity index is -0.000000430. The Hall–Kier alpha value is 0.880. The van der Waals surface area contributed by atoms with Crippen LogP contribution in [-0.2, 0) is 0 Å². The van der Waals surface area contributed by atoms with Gasteiger partial charge >= 0.3 is 66.0 Å². The van der Waals surface area contributed by atoms with Gasteiger partial charge in [-0.2, -0.15) is 0 Å². The first kappa shape index (κ1) is 35.5. The third-order valence-electron chi connectivity index (χ3n) is 5.07. The first-order valence-electron chi connectivity index (χ1n) is 9.30. The Morgan fingerprint density at radius 2 is 0.467 bits per heavy atom. The van der Waals surface area contributed by atoms with Crippen molar-refractivity contribution >= 4 is 30.1 Å². The van der Waals surface area contributed by atoms with Gasteiger partial charge in [-0.05, 0) is 41.5 Å². The van der Waals surface area contributed by atoms with Crippen molar-refractivity contribution in [2.45, 2.75) is 41.5 Å². The molecule has 0 bridgehead atoms. The molecule has 0 aliphatic rings. The summed E-state index contributed by atoms with van der Waals surface area (Å²) in [5.41, 5.74) is 0. The van der Waals surface area contributed by atoms with E-state index in [0.29, 0.717) is 0 Å². The molecule has 0 rings (SSSR count). The Morgan fingerprint density at radius 3 is 0.533 bits per heavy atom. The molecule has 0 fully saturated rings. The van der Waals surface area contributed by atoms with Crippen LogP contribution in [0.3, 0.4) is 0 Å². The summed E-state index contributed by atoms with van der Waals surface area (Å²) >= 11 is 0. The van der Waals surface area contributed by atoms with Gasteiger partial charge in [0.1, 0.15) is 0 Å². The molecule has 0 saturated heterocycles. The quantitative estimate of drug-likeness (QED) is 0.197. The fraction of sp³-hybridized carbons (Fsp3) is 1.00. The Labute approximate surface area is 172 Å². The average Bonchev–Trinajstić information content (AvgIpc) is 2.47. The topological polar surface area (TPSA) is 0 Å². The summed E-state index contributed by atoms with van der Waals surface area (Å²) in [4.78, 5) is 0. The molecule has 30 heavy (non-hydrogen) atoms. The number of hydrogen-bond acceptors (Lipinski definition) is 0. The Bertz CT molecular complexity index is 412. The molecule has 0 radical (unpaired) electrons. The first-order chi connectivity index (χ1) is 12.5. The van der Waals surface area contributed by atoms with E-state index in [0.717, 1.165) is 0 Å². The fourth-order valence-corrected chi connectivity index (χ4v) is 10.7. The molecule has 0 amide bonds. The zero-order valence-corrected chi connectivity index (χ0v) is 21.6. The molecular formula is C14H34F12P4. The van der Waals surface area contributed by atoms with Gasteiger partial charge in [0.2, 0.25) is 0 Å². The SMILES string of the molecule is CC[P+](CC)(CC)CC[P+](CC)(CC)CC.F[P-](F)(F)(F)(F)F.F[P-](F)(F)(F)(F)F. The van der Waals surface area contributed by atoms with Crippen LogP contribution in [0.25, 0.3) is 0 Å². The van der Waals surface area contributed by atoms with Gasteiger partial charge in [-0.3, -0.25) is 0 Å². The van der Waals surface area contributed by atoms with Gasteiger partial charge in [-0.25, -0.2) is 0 Å². The molecule has 0 nitrogen and oxygen atoms in total. The van der Waals surface area contributed by atoms with E-state index < -0.39 is 30.1 Å². The van der Waals surface area contributed by atoms with Crippen LogP contribution >= 0.6 is 30.1 Å². The molecular weight excluding hydrogens is 520 g/mol. The molecule has 0 N–H and O–H groups in total. The molecule has 0 aromatic rings. The minimum atomic E-state index is -10.7. The molecule has 0 aromatic heterocycles. The number of rotatable bonds is 9. The molecule has 0 saturated carbocycles. The van der Waals surface area contributed by atoms with E-state index in [4.69, 9.17) is 0 Å². The van der Waals surface area contributed by atoms with Gasteiger partial charge in [0, 0.05) is 14.5 Å². The van der Waals surface area contributed by atoms with Crippen molar-refractivity contribution in [1.29, 1.82) is 0 Å². The Kier molecular flexibility index (Phi) is 11.4.